The number of hydrogen-bond donors (Lipinski definition) is 3. The van der Waals surface area contributed by atoms with Crippen LogP contribution < -0.4 is 10.6 Å². The van der Waals surface area contributed by atoms with Crippen LogP contribution >= 0.6 is 0 Å². The van der Waals surface area contributed by atoms with E-state index in [1.807, 2.05) is 0 Å². The number of rotatable bonds is 6. The third-order valence-electron chi connectivity index (χ3n) is 5.79. The molecule has 0 radical (unpaired) electrons. The van der Waals surface area contributed by atoms with Gasteiger partial charge in [0.2, 0.25) is 0 Å². The fourth-order valence-electron chi connectivity index (χ4n) is 4.16. The molecule has 2 fully saturated rings. The van der Waals surface area contributed by atoms with Crippen LogP contribution in [0.3, 0.4) is 0 Å². The Morgan fingerprint density at radius 1 is 1.19 bits per heavy atom. The lowest BCUT2D eigenvalue weighted by atomic mass is 9.89. The highest BCUT2D eigenvalue weighted by Gasteiger charge is 2.31. The molecule has 1 saturated carbocycles. The standard InChI is InChI=1S/C22H35N3O2/c1-3-23-21(25-16-22(26)12-4-5-13-22)24-15-19-7-6-14-27-20(19)18-10-8-17(2)9-11-18/h8-11,19-20,26H,3-7,12-16H2,1-2H3,(H2,23,24,25). The van der Waals surface area contributed by atoms with Gasteiger partial charge in [-0.2, -0.15) is 0 Å². The highest BCUT2D eigenvalue weighted by atomic mass is 16.5. The lowest BCUT2D eigenvalue weighted by Gasteiger charge is -2.33. The molecule has 150 valence electrons. The Morgan fingerprint density at radius 3 is 2.63 bits per heavy atom. The maximum absolute atomic E-state index is 10.6. The Morgan fingerprint density at radius 2 is 1.93 bits per heavy atom. The molecule has 5 nitrogen and oxygen atoms in total. The second-order valence-corrected chi connectivity index (χ2v) is 8.11. The first-order valence-corrected chi connectivity index (χ1v) is 10.5. The van der Waals surface area contributed by atoms with E-state index in [1.54, 1.807) is 0 Å². The van der Waals surface area contributed by atoms with Crippen molar-refractivity contribution in [2.24, 2.45) is 10.9 Å². The zero-order valence-corrected chi connectivity index (χ0v) is 16.8. The predicted molar refractivity (Wildman–Crippen MR) is 110 cm³/mol. The zero-order valence-electron chi connectivity index (χ0n) is 16.8. The van der Waals surface area contributed by atoms with Crippen molar-refractivity contribution in [1.29, 1.82) is 0 Å². The SMILES string of the molecule is CCNC(=NCC1(O)CCCC1)NCC1CCCOC1c1ccc(C)cc1. The molecule has 1 saturated heterocycles. The zero-order chi connectivity index (χ0) is 19.1. The van der Waals surface area contributed by atoms with Crippen molar-refractivity contribution in [2.75, 3.05) is 26.2 Å². The lowest BCUT2D eigenvalue weighted by molar-refractivity contribution is -0.0265. The van der Waals surface area contributed by atoms with Gasteiger partial charge in [0.1, 0.15) is 0 Å². The summed E-state index contributed by atoms with van der Waals surface area (Å²) >= 11 is 0. The molecule has 1 heterocycles. The van der Waals surface area contributed by atoms with Crippen LogP contribution in [-0.2, 0) is 4.74 Å². The fourth-order valence-corrected chi connectivity index (χ4v) is 4.16. The van der Waals surface area contributed by atoms with E-state index in [4.69, 9.17) is 4.74 Å². The Hall–Kier alpha value is -1.59. The normalized spacial score (nSPS) is 25.4. The maximum Gasteiger partial charge on any atom is 0.191 e. The Balaban J connectivity index is 1.61. The Kier molecular flexibility index (Phi) is 7.13. The van der Waals surface area contributed by atoms with E-state index in [1.165, 1.54) is 11.1 Å². The lowest BCUT2D eigenvalue weighted by Crippen LogP contribution is -2.43. The molecule has 1 aromatic rings. The summed E-state index contributed by atoms with van der Waals surface area (Å²) in [7, 11) is 0. The molecule has 0 amide bonds. The van der Waals surface area contributed by atoms with Gasteiger partial charge in [0.25, 0.3) is 0 Å². The third-order valence-corrected chi connectivity index (χ3v) is 5.79. The summed E-state index contributed by atoms with van der Waals surface area (Å²) in [5, 5.41) is 17.4. The van der Waals surface area contributed by atoms with Gasteiger partial charge in [0, 0.05) is 25.6 Å². The molecular weight excluding hydrogens is 338 g/mol. The van der Waals surface area contributed by atoms with E-state index in [0.29, 0.717) is 12.5 Å². The molecule has 3 N–H and O–H groups in total. The summed E-state index contributed by atoms with van der Waals surface area (Å²) in [6.45, 7) is 7.12. The summed E-state index contributed by atoms with van der Waals surface area (Å²) in [6.07, 6.45) is 6.32. The van der Waals surface area contributed by atoms with E-state index in [2.05, 4.69) is 53.7 Å². The Labute approximate surface area is 163 Å². The van der Waals surface area contributed by atoms with Gasteiger partial charge in [0.15, 0.2) is 5.96 Å². The predicted octanol–water partition coefficient (Wildman–Crippen LogP) is 3.32. The largest absolute Gasteiger partial charge is 0.388 e. The summed E-state index contributed by atoms with van der Waals surface area (Å²) in [5.41, 5.74) is 1.92. The number of guanidine groups is 1. The molecule has 2 atom stereocenters. The molecule has 0 spiro atoms. The number of aryl methyl sites for hydroxylation is 1. The minimum Gasteiger partial charge on any atom is -0.388 e. The monoisotopic (exact) mass is 373 g/mol. The van der Waals surface area contributed by atoms with Crippen LogP contribution in [0.5, 0.6) is 0 Å². The molecule has 3 rings (SSSR count). The van der Waals surface area contributed by atoms with Crippen LogP contribution in [0.1, 0.15) is 62.7 Å². The number of nitrogens with one attached hydrogen (secondary N) is 2. The summed E-state index contributed by atoms with van der Waals surface area (Å²) < 4.78 is 6.13. The van der Waals surface area contributed by atoms with Gasteiger partial charge in [-0.15, -0.1) is 0 Å². The first-order valence-electron chi connectivity index (χ1n) is 10.5. The minimum atomic E-state index is -0.610. The first-order chi connectivity index (χ1) is 13.1. The quantitative estimate of drug-likeness (QED) is 0.529. The van der Waals surface area contributed by atoms with Crippen molar-refractivity contribution in [3.63, 3.8) is 0 Å². The van der Waals surface area contributed by atoms with Gasteiger partial charge < -0.3 is 20.5 Å². The van der Waals surface area contributed by atoms with Crippen molar-refractivity contribution in [1.82, 2.24) is 10.6 Å². The summed E-state index contributed by atoms with van der Waals surface area (Å²) in [6, 6.07) is 8.69. The molecule has 1 aliphatic heterocycles. The molecule has 2 unspecified atom stereocenters. The summed E-state index contributed by atoms with van der Waals surface area (Å²) in [4.78, 5) is 4.66. The smallest absolute Gasteiger partial charge is 0.191 e. The number of benzene rings is 1. The molecule has 1 aromatic carbocycles. The number of aliphatic imine (C=N–C) groups is 1. The van der Waals surface area contributed by atoms with E-state index in [9.17, 15) is 5.11 Å². The van der Waals surface area contributed by atoms with Crippen molar-refractivity contribution in [3.05, 3.63) is 35.4 Å². The molecule has 0 bridgehead atoms. The van der Waals surface area contributed by atoms with E-state index >= 15 is 0 Å². The second-order valence-electron chi connectivity index (χ2n) is 8.11. The van der Waals surface area contributed by atoms with Crippen molar-refractivity contribution >= 4 is 5.96 Å². The number of aliphatic hydroxyl groups is 1. The number of hydrogen-bond acceptors (Lipinski definition) is 3. The third kappa shape index (κ3) is 5.69. The number of ether oxygens (including phenoxy) is 1. The molecule has 5 heteroatoms. The van der Waals surface area contributed by atoms with Crippen LogP contribution in [0.2, 0.25) is 0 Å². The average molecular weight is 374 g/mol. The maximum atomic E-state index is 10.6. The first kappa shape index (κ1) is 20.2. The van der Waals surface area contributed by atoms with Crippen LogP contribution in [0, 0.1) is 12.8 Å². The van der Waals surface area contributed by atoms with Gasteiger partial charge in [-0.25, -0.2) is 0 Å². The topological polar surface area (TPSA) is 65.9 Å². The van der Waals surface area contributed by atoms with Gasteiger partial charge in [-0.05, 0) is 45.1 Å². The van der Waals surface area contributed by atoms with Crippen molar-refractivity contribution < 1.29 is 9.84 Å². The van der Waals surface area contributed by atoms with Gasteiger partial charge >= 0.3 is 0 Å². The number of nitrogens with zero attached hydrogens (tertiary/aromatic N) is 1. The van der Waals surface area contributed by atoms with Gasteiger partial charge in [0.05, 0.1) is 18.2 Å². The molecule has 2 aliphatic rings. The molecule has 0 aromatic heterocycles. The van der Waals surface area contributed by atoms with Gasteiger partial charge in [-0.3, -0.25) is 4.99 Å². The highest BCUT2D eigenvalue weighted by Crippen LogP contribution is 2.33. The van der Waals surface area contributed by atoms with E-state index in [-0.39, 0.29) is 6.10 Å². The van der Waals surface area contributed by atoms with E-state index < -0.39 is 5.60 Å². The molecule has 27 heavy (non-hydrogen) atoms. The highest BCUT2D eigenvalue weighted by molar-refractivity contribution is 5.79. The minimum absolute atomic E-state index is 0.133. The average Bonchev–Trinajstić information content (AvgIpc) is 3.12. The van der Waals surface area contributed by atoms with Crippen molar-refractivity contribution in [3.8, 4) is 0 Å². The van der Waals surface area contributed by atoms with Crippen LogP contribution in [0.25, 0.3) is 0 Å². The Bertz CT molecular complexity index is 608. The molecular formula is C22H35N3O2. The van der Waals surface area contributed by atoms with Crippen molar-refractivity contribution in [2.45, 2.75) is 64.1 Å². The fraction of sp³-hybridized carbons (Fsp3) is 0.682. The van der Waals surface area contributed by atoms with Gasteiger partial charge in [-0.1, -0.05) is 42.7 Å². The van der Waals surface area contributed by atoms with Crippen LogP contribution in [-0.4, -0.2) is 42.9 Å². The summed E-state index contributed by atoms with van der Waals surface area (Å²) in [5.74, 6) is 1.21. The molecule has 1 aliphatic carbocycles. The second kappa shape index (κ2) is 9.56. The van der Waals surface area contributed by atoms with Crippen LogP contribution in [0.4, 0.5) is 0 Å². The van der Waals surface area contributed by atoms with Crippen LogP contribution in [0.15, 0.2) is 29.3 Å². The van der Waals surface area contributed by atoms with E-state index in [0.717, 1.165) is 64.2 Å².